The molecule has 0 amide bonds. The predicted octanol–water partition coefficient (Wildman–Crippen LogP) is 4.71. The van der Waals surface area contributed by atoms with E-state index in [9.17, 15) is 0 Å². The molecule has 0 saturated carbocycles. The monoisotopic (exact) mass is 242 g/mol. The number of benzene rings is 1. The normalized spacial score (nSPS) is 11.7. The molecular formula is C13H19ClS. The molecule has 0 aliphatic heterocycles. The minimum atomic E-state index is 0.249. The van der Waals surface area contributed by atoms with Gasteiger partial charge in [-0.1, -0.05) is 32.9 Å². The first kappa shape index (κ1) is 12.9. The van der Waals surface area contributed by atoms with Crippen LogP contribution in [0.5, 0.6) is 0 Å². The Morgan fingerprint density at radius 1 is 1.13 bits per heavy atom. The largest absolute Gasteiger partial charge is 0.127 e. The maximum Gasteiger partial charge on any atom is 0.0231 e. The minimum absolute atomic E-state index is 0.249. The first-order valence-electron chi connectivity index (χ1n) is 5.33. The lowest BCUT2D eigenvalue weighted by atomic mass is 9.87. The zero-order valence-corrected chi connectivity index (χ0v) is 11.3. The van der Waals surface area contributed by atoms with Gasteiger partial charge in [-0.25, -0.2) is 0 Å². The summed E-state index contributed by atoms with van der Waals surface area (Å²) in [6, 6.07) is 8.87. The van der Waals surface area contributed by atoms with Crippen molar-refractivity contribution in [2.75, 3.05) is 11.6 Å². The number of halogens is 1. The van der Waals surface area contributed by atoms with E-state index in [0.29, 0.717) is 0 Å². The standard InChI is InChI=1S/C13H19ClS/c1-13(2,3)11-5-7-12(8-6-11)15-10-4-9-14/h5-8H,4,9-10H2,1-3H3. The fourth-order valence-electron chi connectivity index (χ4n) is 1.30. The third kappa shape index (κ3) is 4.48. The van der Waals surface area contributed by atoms with Crippen LogP contribution in [0.4, 0.5) is 0 Å². The van der Waals surface area contributed by atoms with Crippen molar-refractivity contribution in [2.24, 2.45) is 0 Å². The first-order valence-corrected chi connectivity index (χ1v) is 6.85. The van der Waals surface area contributed by atoms with Crippen LogP contribution in [0.3, 0.4) is 0 Å². The molecule has 1 aromatic rings. The van der Waals surface area contributed by atoms with Gasteiger partial charge in [-0.05, 0) is 35.3 Å². The van der Waals surface area contributed by atoms with Gasteiger partial charge in [-0.15, -0.1) is 23.4 Å². The van der Waals surface area contributed by atoms with Gasteiger partial charge >= 0.3 is 0 Å². The van der Waals surface area contributed by atoms with Crippen LogP contribution in [0, 0.1) is 0 Å². The van der Waals surface area contributed by atoms with E-state index in [1.165, 1.54) is 10.5 Å². The molecule has 0 spiro atoms. The molecule has 0 N–H and O–H groups in total. The summed E-state index contributed by atoms with van der Waals surface area (Å²) < 4.78 is 0. The van der Waals surface area contributed by atoms with Crippen molar-refractivity contribution >= 4 is 23.4 Å². The maximum atomic E-state index is 5.64. The summed E-state index contributed by atoms with van der Waals surface area (Å²) in [4.78, 5) is 1.34. The third-order valence-corrected chi connectivity index (χ3v) is 3.63. The zero-order valence-electron chi connectivity index (χ0n) is 9.72. The molecule has 0 saturated heterocycles. The van der Waals surface area contributed by atoms with Crippen molar-refractivity contribution in [3.05, 3.63) is 29.8 Å². The van der Waals surface area contributed by atoms with E-state index in [-0.39, 0.29) is 5.41 Å². The van der Waals surface area contributed by atoms with E-state index in [2.05, 4.69) is 45.0 Å². The van der Waals surface area contributed by atoms with Crippen LogP contribution in [0.1, 0.15) is 32.8 Å². The maximum absolute atomic E-state index is 5.64. The number of thioether (sulfide) groups is 1. The lowest BCUT2D eigenvalue weighted by Crippen LogP contribution is -2.10. The quantitative estimate of drug-likeness (QED) is 0.419. The fourth-order valence-corrected chi connectivity index (χ4v) is 2.44. The van der Waals surface area contributed by atoms with Gasteiger partial charge in [-0.2, -0.15) is 0 Å². The van der Waals surface area contributed by atoms with Gasteiger partial charge in [0.15, 0.2) is 0 Å². The van der Waals surface area contributed by atoms with Gasteiger partial charge in [0.1, 0.15) is 0 Å². The van der Waals surface area contributed by atoms with Gasteiger partial charge in [0.2, 0.25) is 0 Å². The molecule has 0 atom stereocenters. The average molecular weight is 243 g/mol. The number of hydrogen-bond donors (Lipinski definition) is 0. The van der Waals surface area contributed by atoms with Gasteiger partial charge < -0.3 is 0 Å². The highest BCUT2D eigenvalue weighted by molar-refractivity contribution is 7.99. The molecule has 0 aromatic heterocycles. The van der Waals surface area contributed by atoms with Crippen LogP contribution in [-0.4, -0.2) is 11.6 Å². The highest BCUT2D eigenvalue weighted by Crippen LogP contribution is 2.25. The van der Waals surface area contributed by atoms with Gasteiger partial charge in [-0.3, -0.25) is 0 Å². The molecule has 0 fully saturated rings. The molecule has 0 heterocycles. The second-order valence-corrected chi connectivity index (χ2v) is 6.21. The molecule has 0 bridgehead atoms. The van der Waals surface area contributed by atoms with Crippen LogP contribution >= 0.6 is 23.4 Å². The van der Waals surface area contributed by atoms with Gasteiger partial charge in [0.05, 0.1) is 0 Å². The Kier molecular flexibility index (Phi) is 5.01. The molecule has 0 nitrogen and oxygen atoms in total. The molecule has 1 rings (SSSR count). The smallest absolute Gasteiger partial charge is 0.0231 e. The number of alkyl halides is 1. The summed E-state index contributed by atoms with van der Waals surface area (Å²) in [5.41, 5.74) is 1.64. The molecule has 0 aliphatic rings. The molecule has 0 radical (unpaired) electrons. The van der Waals surface area contributed by atoms with Crippen LogP contribution in [0.25, 0.3) is 0 Å². The fraction of sp³-hybridized carbons (Fsp3) is 0.538. The van der Waals surface area contributed by atoms with E-state index < -0.39 is 0 Å². The van der Waals surface area contributed by atoms with Crippen molar-refractivity contribution < 1.29 is 0 Å². The van der Waals surface area contributed by atoms with Crippen molar-refractivity contribution in [2.45, 2.75) is 37.5 Å². The van der Waals surface area contributed by atoms with E-state index in [1.807, 2.05) is 11.8 Å². The lowest BCUT2D eigenvalue weighted by Gasteiger charge is -2.19. The minimum Gasteiger partial charge on any atom is -0.127 e. The summed E-state index contributed by atoms with van der Waals surface area (Å²) in [7, 11) is 0. The van der Waals surface area contributed by atoms with Crippen LogP contribution < -0.4 is 0 Å². The Hall–Kier alpha value is -0.140. The molecule has 15 heavy (non-hydrogen) atoms. The summed E-state index contributed by atoms with van der Waals surface area (Å²) >= 11 is 7.52. The Balaban J connectivity index is 2.57. The van der Waals surface area contributed by atoms with Crippen LogP contribution in [0.15, 0.2) is 29.2 Å². The second-order valence-electron chi connectivity index (χ2n) is 4.67. The van der Waals surface area contributed by atoms with Crippen molar-refractivity contribution in [1.82, 2.24) is 0 Å². The van der Waals surface area contributed by atoms with E-state index >= 15 is 0 Å². The summed E-state index contributed by atoms with van der Waals surface area (Å²) in [5, 5.41) is 0. The highest BCUT2D eigenvalue weighted by Gasteiger charge is 2.12. The highest BCUT2D eigenvalue weighted by atomic mass is 35.5. The molecule has 0 unspecified atom stereocenters. The van der Waals surface area contributed by atoms with E-state index in [1.54, 1.807) is 0 Å². The predicted molar refractivity (Wildman–Crippen MR) is 71.2 cm³/mol. The Bertz CT molecular complexity index is 284. The SMILES string of the molecule is CC(C)(C)c1ccc(SCCCCl)cc1. The summed E-state index contributed by atoms with van der Waals surface area (Å²) in [6.45, 7) is 6.72. The Morgan fingerprint density at radius 3 is 2.20 bits per heavy atom. The number of rotatable bonds is 4. The van der Waals surface area contributed by atoms with Gasteiger partial charge in [0.25, 0.3) is 0 Å². The Morgan fingerprint density at radius 2 is 1.73 bits per heavy atom. The van der Waals surface area contributed by atoms with Crippen molar-refractivity contribution in [3.63, 3.8) is 0 Å². The molecular weight excluding hydrogens is 224 g/mol. The number of hydrogen-bond acceptors (Lipinski definition) is 1. The summed E-state index contributed by atoms with van der Waals surface area (Å²) in [5.74, 6) is 1.87. The average Bonchev–Trinajstić information content (AvgIpc) is 2.18. The zero-order chi connectivity index (χ0) is 11.3. The van der Waals surface area contributed by atoms with E-state index in [0.717, 1.165) is 18.1 Å². The van der Waals surface area contributed by atoms with Crippen molar-refractivity contribution in [3.8, 4) is 0 Å². The molecule has 2 heteroatoms. The Labute approximate surface area is 102 Å². The van der Waals surface area contributed by atoms with Gasteiger partial charge in [0, 0.05) is 10.8 Å². The van der Waals surface area contributed by atoms with E-state index in [4.69, 9.17) is 11.6 Å². The van der Waals surface area contributed by atoms with Crippen molar-refractivity contribution in [1.29, 1.82) is 0 Å². The first-order chi connectivity index (χ1) is 7.04. The topological polar surface area (TPSA) is 0 Å². The third-order valence-electron chi connectivity index (χ3n) is 2.27. The molecule has 0 aliphatic carbocycles. The lowest BCUT2D eigenvalue weighted by molar-refractivity contribution is 0.590. The van der Waals surface area contributed by atoms with Crippen LogP contribution in [-0.2, 0) is 5.41 Å². The summed E-state index contributed by atoms with van der Waals surface area (Å²) in [6.07, 6.45) is 1.08. The molecule has 1 aromatic carbocycles. The molecule has 84 valence electrons. The van der Waals surface area contributed by atoms with Crippen LogP contribution in [0.2, 0.25) is 0 Å². The second kappa shape index (κ2) is 5.81.